The maximum absolute atomic E-state index is 11.7. The molecule has 0 aliphatic carbocycles. The molecule has 0 saturated carbocycles. The van der Waals surface area contributed by atoms with Gasteiger partial charge in [-0.2, -0.15) is 0 Å². The van der Waals surface area contributed by atoms with Gasteiger partial charge in [0.2, 0.25) is 5.91 Å². The number of nitrogens with two attached hydrogens (primary N) is 1. The van der Waals surface area contributed by atoms with Gasteiger partial charge in [0.15, 0.2) is 0 Å². The van der Waals surface area contributed by atoms with E-state index in [1.54, 1.807) is 0 Å². The summed E-state index contributed by atoms with van der Waals surface area (Å²) in [5.41, 5.74) is 6.81. The maximum Gasteiger partial charge on any atom is 0.237 e. The number of amides is 1. The van der Waals surface area contributed by atoms with E-state index in [1.165, 1.54) is 0 Å². The zero-order chi connectivity index (χ0) is 12.3. The minimum Gasteiger partial charge on any atom is -0.491 e. The molecule has 2 rings (SSSR count). The van der Waals surface area contributed by atoms with Crippen LogP contribution in [0.15, 0.2) is 24.3 Å². The zero-order valence-corrected chi connectivity index (χ0v) is 9.98. The summed E-state index contributed by atoms with van der Waals surface area (Å²) in [5.74, 6) is 0.818. The summed E-state index contributed by atoms with van der Waals surface area (Å²) in [4.78, 5) is 11.7. The molecule has 1 unspecified atom stereocenters. The standard InChI is InChI=1S/C13H18N2O2/c1-2-11(14)13(16)15-10-7-9-5-3-4-6-12(9)17-8-10/h3-6,10-11H,2,7-8,14H2,1H3,(H,15,16)/t10?,11-/m0/s1. The fraction of sp³-hybridized carbons (Fsp3) is 0.462. The lowest BCUT2D eigenvalue weighted by atomic mass is 10.0. The molecule has 0 saturated heterocycles. The third-order valence-electron chi connectivity index (χ3n) is 3.00. The molecule has 2 atom stereocenters. The number of carbonyl (C=O) groups excluding carboxylic acids is 1. The molecule has 92 valence electrons. The molecule has 4 heteroatoms. The smallest absolute Gasteiger partial charge is 0.237 e. The first kappa shape index (κ1) is 11.9. The Labute approximate surface area is 101 Å². The summed E-state index contributed by atoms with van der Waals surface area (Å²) in [7, 11) is 0. The van der Waals surface area contributed by atoms with Crippen molar-refractivity contribution in [2.45, 2.75) is 31.8 Å². The quantitative estimate of drug-likeness (QED) is 0.814. The van der Waals surface area contributed by atoms with Crippen LogP contribution in [0.3, 0.4) is 0 Å². The number of benzene rings is 1. The van der Waals surface area contributed by atoms with Crippen molar-refractivity contribution in [1.82, 2.24) is 5.32 Å². The van der Waals surface area contributed by atoms with Crippen LogP contribution in [-0.2, 0) is 11.2 Å². The van der Waals surface area contributed by atoms with E-state index in [4.69, 9.17) is 10.5 Å². The van der Waals surface area contributed by atoms with Crippen molar-refractivity contribution in [1.29, 1.82) is 0 Å². The Balaban J connectivity index is 1.96. The molecule has 0 aromatic heterocycles. The molecule has 4 nitrogen and oxygen atoms in total. The molecule has 1 amide bonds. The number of fused-ring (bicyclic) bond motifs is 1. The van der Waals surface area contributed by atoms with Crippen LogP contribution in [0.25, 0.3) is 0 Å². The average molecular weight is 234 g/mol. The van der Waals surface area contributed by atoms with Crippen molar-refractivity contribution in [2.24, 2.45) is 5.73 Å². The lowest BCUT2D eigenvalue weighted by molar-refractivity contribution is -0.123. The van der Waals surface area contributed by atoms with Gasteiger partial charge in [0.25, 0.3) is 0 Å². The van der Waals surface area contributed by atoms with Crippen LogP contribution in [0.1, 0.15) is 18.9 Å². The van der Waals surface area contributed by atoms with Gasteiger partial charge in [-0.25, -0.2) is 0 Å². The number of hydrogen-bond acceptors (Lipinski definition) is 3. The number of carbonyl (C=O) groups is 1. The molecule has 0 fully saturated rings. The summed E-state index contributed by atoms with van der Waals surface area (Å²) in [6, 6.07) is 7.50. The van der Waals surface area contributed by atoms with Crippen LogP contribution in [0.2, 0.25) is 0 Å². The minimum atomic E-state index is -0.424. The highest BCUT2D eigenvalue weighted by Crippen LogP contribution is 2.23. The lowest BCUT2D eigenvalue weighted by Crippen LogP contribution is -2.49. The van der Waals surface area contributed by atoms with Crippen molar-refractivity contribution in [3.8, 4) is 5.75 Å². The van der Waals surface area contributed by atoms with Crippen molar-refractivity contribution in [2.75, 3.05) is 6.61 Å². The van der Waals surface area contributed by atoms with Crippen molar-refractivity contribution >= 4 is 5.91 Å². The van der Waals surface area contributed by atoms with E-state index >= 15 is 0 Å². The summed E-state index contributed by atoms with van der Waals surface area (Å²) in [5, 5.41) is 2.92. The van der Waals surface area contributed by atoms with Crippen molar-refractivity contribution < 1.29 is 9.53 Å². The highest BCUT2D eigenvalue weighted by atomic mass is 16.5. The van der Waals surface area contributed by atoms with Gasteiger partial charge in [0.05, 0.1) is 12.1 Å². The highest BCUT2D eigenvalue weighted by molar-refractivity contribution is 5.81. The first-order valence-corrected chi connectivity index (χ1v) is 5.97. The number of rotatable bonds is 3. The van der Waals surface area contributed by atoms with Gasteiger partial charge in [-0.1, -0.05) is 25.1 Å². The van der Waals surface area contributed by atoms with Crippen LogP contribution in [0, 0.1) is 0 Å². The average Bonchev–Trinajstić information content (AvgIpc) is 2.37. The summed E-state index contributed by atoms with van der Waals surface area (Å²) in [6.07, 6.45) is 1.45. The maximum atomic E-state index is 11.7. The Morgan fingerprint density at radius 2 is 2.35 bits per heavy atom. The van der Waals surface area contributed by atoms with Crippen molar-refractivity contribution in [3.05, 3.63) is 29.8 Å². The summed E-state index contributed by atoms with van der Waals surface area (Å²) >= 11 is 0. The second kappa shape index (κ2) is 5.19. The highest BCUT2D eigenvalue weighted by Gasteiger charge is 2.22. The van der Waals surface area contributed by atoms with Crippen LogP contribution < -0.4 is 15.8 Å². The van der Waals surface area contributed by atoms with E-state index in [0.29, 0.717) is 13.0 Å². The molecule has 1 aliphatic rings. The predicted octanol–water partition coefficient (Wildman–Crippen LogP) is 0.844. The van der Waals surface area contributed by atoms with E-state index in [0.717, 1.165) is 17.7 Å². The van der Waals surface area contributed by atoms with Gasteiger partial charge in [0.1, 0.15) is 12.4 Å². The Bertz CT molecular complexity index is 406. The molecule has 1 aromatic rings. The molecular weight excluding hydrogens is 216 g/mol. The summed E-state index contributed by atoms with van der Waals surface area (Å²) < 4.78 is 5.59. The van der Waals surface area contributed by atoms with Crippen LogP contribution in [0.5, 0.6) is 5.75 Å². The molecule has 0 spiro atoms. The molecule has 1 aromatic carbocycles. The van der Waals surface area contributed by atoms with E-state index in [9.17, 15) is 4.79 Å². The zero-order valence-electron chi connectivity index (χ0n) is 9.98. The first-order chi connectivity index (χ1) is 8.20. The van der Waals surface area contributed by atoms with E-state index in [1.807, 2.05) is 31.2 Å². The first-order valence-electron chi connectivity index (χ1n) is 5.97. The molecule has 17 heavy (non-hydrogen) atoms. The monoisotopic (exact) mass is 234 g/mol. The van der Waals surface area contributed by atoms with E-state index < -0.39 is 6.04 Å². The number of hydrogen-bond donors (Lipinski definition) is 2. The van der Waals surface area contributed by atoms with Gasteiger partial charge in [-0.05, 0) is 24.5 Å². The van der Waals surface area contributed by atoms with E-state index in [-0.39, 0.29) is 11.9 Å². The Morgan fingerprint density at radius 1 is 1.59 bits per heavy atom. The van der Waals surface area contributed by atoms with Gasteiger partial charge < -0.3 is 15.8 Å². The van der Waals surface area contributed by atoms with Gasteiger partial charge >= 0.3 is 0 Å². The Hall–Kier alpha value is -1.55. The van der Waals surface area contributed by atoms with Crippen molar-refractivity contribution in [3.63, 3.8) is 0 Å². The second-order valence-corrected chi connectivity index (χ2v) is 4.34. The fourth-order valence-corrected chi connectivity index (χ4v) is 1.91. The number of nitrogens with one attached hydrogen (secondary N) is 1. The Kier molecular flexibility index (Phi) is 3.64. The third-order valence-corrected chi connectivity index (χ3v) is 3.00. The van der Waals surface area contributed by atoms with Crippen LogP contribution in [0.4, 0.5) is 0 Å². The molecule has 1 heterocycles. The fourth-order valence-electron chi connectivity index (χ4n) is 1.91. The topological polar surface area (TPSA) is 64.4 Å². The molecule has 0 bridgehead atoms. The number of para-hydroxylation sites is 1. The van der Waals surface area contributed by atoms with Gasteiger partial charge in [-0.3, -0.25) is 4.79 Å². The molecule has 3 N–H and O–H groups in total. The number of ether oxygens (including phenoxy) is 1. The predicted molar refractivity (Wildman–Crippen MR) is 65.8 cm³/mol. The lowest BCUT2D eigenvalue weighted by Gasteiger charge is -2.26. The normalized spacial score (nSPS) is 20.0. The summed E-state index contributed by atoms with van der Waals surface area (Å²) in [6.45, 7) is 2.41. The minimum absolute atomic E-state index is 0.0231. The Morgan fingerprint density at radius 3 is 3.12 bits per heavy atom. The van der Waals surface area contributed by atoms with E-state index in [2.05, 4.69) is 5.32 Å². The molecule has 0 radical (unpaired) electrons. The molecular formula is C13H18N2O2. The third kappa shape index (κ3) is 2.77. The van der Waals surface area contributed by atoms with Gasteiger partial charge in [-0.15, -0.1) is 0 Å². The SMILES string of the molecule is CC[C@H](N)C(=O)NC1COc2ccccc2C1. The van der Waals surface area contributed by atoms with Gasteiger partial charge in [0, 0.05) is 0 Å². The second-order valence-electron chi connectivity index (χ2n) is 4.34. The van der Waals surface area contributed by atoms with Crippen LogP contribution in [-0.4, -0.2) is 24.6 Å². The van der Waals surface area contributed by atoms with Crippen LogP contribution >= 0.6 is 0 Å². The largest absolute Gasteiger partial charge is 0.491 e. The molecule has 1 aliphatic heterocycles.